The molecule has 5 heteroatoms. The minimum absolute atomic E-state index is 0.343. The van der Waals surface area contributed by atoms with Gasteiger partial charge in [-0.05, 0) is 26.0 Å². The number of nitrogen functional groups attached to an aromatic ring is 1. The van der Waals surface area contributed by atoms with Crippen LogP contribution in [0.5, 0.6) is 0 Å². The third-order valence-corrected chi connectivity index (χ3v) is 2.57. The lowest BCUT2D eigenvalue weighted by Crippen LogP contribution is -2.08. The highest BCUT2D eigenvalue weighted by Crippen LogP contribution is 2.22. The van der Waals surface area contributed by atoms with E-state index in [1.807, 2.05) is 11.5 Å². The van der Waals surface area contributed by atoms with Gasteiger partial charge in [0.05, 0.1) is 29.5 Å². The Bertz CT molecular complexity index is 560. The number of aryl methyl sites for hydroxylation is 1. The van der Waals surface area contributed by atoms with Crippen molar-refractivity contribution in [2.75, 3.05) is 12.3 Å². The quantitative estimate of drug-likeness (QED) is 0.648. The Labute approximate surface area is 99.2 Å². The van der Waals surface area contributed by atoms with Crippen molar-refractivity contribution in [3.05, 3.63) is 24.0 Å². The lowest BCUT2D eigenvalue weighted by Gasteiger charge is -2.07. The van der Waals surface area contributed by atoms with Crippen molar-refractivity contribution in [2.45, 2.75) is 20.4 Å². The molecule has 0 amide bonds. The summed E-state index contributed by atoms with van der Waals surface area (Å²) in [4.78, 5) is 16.1. The second-order valence-corrected chi connectivity index (χ2v) is 3.69. The van der Waals surface area contributed by atoms with Gasteiger partial charge in [-0.2, -0.15) is 0 Å². The third kappa shape index (κ3) is 1.95. The van der Waals surface area contributed by atoms with Gasteiger partial charge in [-0.3, -0.25) is 0 Å². The fraction of sp³-hybridized carbons (Fsp3) is 0.333. The highest BCUT2D eigenvalue weighted by Gasteiger charge is 2.16. The van der Waals surface area contributed by atoms with Crippen molar-refractivity contribution in [1.29, 1.82) is 0 Å². The van der Waals surface area contributed by atoms with E-state index in [0.717, 1.165) is 17.6 Å². The van der Waals surface area contributed by atoms with E-state index in [0.29, 0.717) is 17.9 Å². The van der Waals surface area contributed by atoms with Gasteiger partial charge in [0, 0.05) is 12.2 Å². The van der Waals surface area contributed by atoms with E-state index in [9.17, 15) is 4.79 Å². The fourth-order valence-electron chi connectivity index (χ4n) is 1.83. The van der Waals surface area contributed by atoms with Crippen LogP contribution in [0.2, 0.25) is 0 Å². The molecule has 1 aromatic carbocycles. The lowest BCUT2D eigenvalue weighted by molar-refractivity contribution is 0.0528. The molecule has 0 fully saturated rings. The molecule has 2 rings (SSSR count). The van der Waals surface area contributed by atoms with Crippen molar-refractivity contribution in [2.24, 2.45) is 0 Å². The first-order valence-electron chi connectivity index (χ1n) is 5.58. The Morgan fingerprint density at radius 1 is 1.47 bits per heavy atom. The van der Waals surface area contributed by atoms with E-state index in [-0.39, 0.29) is 5.97 Å². The SMILES string of the molecule is CCOC(=O)c1cc(N)cc2ncn(CC)c12. The molecule has 0 aliphatic heterocycles. The highest BCUT2D eigenvalue weighted by atomic mass is 16.5. The largest absolute Gasteiger partial charge is 0.462 e. The van der Waals surface area contributed by atoms with Gasteiger partial charge in [0.1, 0.15) is 0 Å². The second-order valence-electron chi connectivity index (χ2n) is 3.69. The number of ether oxygens (including phenoxy) is 1. The maximum atomic E-state index is 11.9. The first-order chi connectivity index (χ1) is 8.17. The third-order valence-electron chi connectivity index (χ3n) is 2.57. The molecule has 0 bridgehead atoms. The van der Waals surface area contributed by atoms with Crippen LogP contribution in [0.25, 0.3) is 11.0 Å². The molecular weight excluding hydrogens is 218 g/mol. The Morgan fingerprint density at radius 2 is 2.24 bits per heavy atom. The monoisotopic (exact) mass is 233 g/mol. The normalized spacial score (nSPS) is 10.7. The minimum atomic E-state index is -0.361. The molecule has 17 heavy (non-hydrogen) atoms. The van der Waals surface area contributed by atoms with Gasteiger partial charge in [0.2, 0.25) is 0 Å². The van der Waals surface area contributed by atoms with Crippen LogP contribution in [0.15, 0.2) is 18.5 Å². The number of nitrogens with two attached hydrogens (primary N) is 1. The summed E-state index contributed by atoms with van der Waals surface area (Å²) in [5, 5.41) is 0. The number of anilines is 1. The predicted octanol–water partition coefficient (Wildman–Crippen LogP) is 1.82. The fourth-order valence-corrected chi connectivity index (χ4v) is 1.83. The number of esters is 1. The number of hydrogen-bond donors (Lipinski definition) is 1. The Hall–Kier alpha value is -2.04. The molecule has 0 aliphatic carbocycles. The average Bonchev–Trinajstić information content (AvgIpc) is 2.70. The van der Waals surface area contributed by atoms with Crippen LogP contribution in [0, 0.1) is 0 Å². The molecule has 0 aliphatic rings. The summed E-state index contributed by atoms with van der Waals surface area (Å²) in [5.41, 5.74) is 8.24. The molecule has 2 N–H and O–H groups in total. The molecule has 1 heterocycles. The summed E-state index contributed by atoms with van der Waals surface area (Å²) < 4.78 is 6.93. The van der Waals surface area contributed by atoms with Gasteiger partial charge in [-0.15, -0.1) is 0 Å². The van der Waals surface area contributed by atoms with Crippen molar-refractivity contribution >= 4 is 22.7 Å². The standard InChI is InChI=1S/C12H15N3O2/c1-3-15-7-14-10-6-8(13)5-9(11(10)15)12(16)17-4-2/h5-7H,3-4,13H2,1-2H3. The summed E-state index contributed by atoms with van der Waals surface area (Å²) >= 11 is 0. The number of hydrogen-bond acceptors (Lipinski definition) is 4. The molecule has 2 aromatic rings. The topological polar surface area (TPSA) is 70.1 Å². The number of fused-ring (bicyclic) bond motifs is 1. The van der Waals surface area contributed by atoms with Crippen LogP contribution >= 0.6 is 0 Å². The molecule has 90 valence electrons. The molecule has 0 unspecified atom stereocenters. The first-order valence-corrected chi connectivity index (χ1v) is 5.58. The van der Waals surface area contributed by atoms with Crippen LogP contribution in [-0.4, -0.2) is 22.1 Å². The predicted molar refractivity (Wildman–Crippen MR) is 65.8 cm³/mol. The summed E-state index contributed by atoms with van der Waals surface area (Å²) in [6.45, 7) is 4.85. The summed E-state index contributed by atoms with van der Waals surface area (Å²) in [6.07, 6.45) is 1.70. The number of nitrogens with zero attached hydrogens (tertiary/aromatic N) is 2. The van der Waals surface area contributed by atoms with Crippen LogP contribution in [0.3, 0.4) is 0 Å². The first kappa shape index (κ1) is 11.4. The minimum Gasteiger partial charge on any atom is -0.462 e. The van der Waals surface area contributed by atoms with E-state index >= 15 is 0 Å². The van der Waals surface area contributed by atoms with Crippen molar-refractivity contribution in [1.82, 2.24) is 9.55 Å². The van der Waals surface area contributed by atoms with E-state index in [1.54, 1.807) is 25.4 Å². The van der Waals surface area contributed by atoms with Gasteiger partial charge < -0.3 is 15.0 Å². The number of benzene rings is 1. The van der Waals surface area contributed by atoms with Crippen molar-refractivity contribution in [3.8, 4) is 0 Å². The van der Waals surface area contributed by atoms with Crippen LogP contribution in [0.4, 0.5) is 5.69 Å². The zero-order chi connectivity index (χ0) is 12.4. The van der Waals surface area contributed by atoms with Gasteiger partial charge >= 0.3 is 5.97 Å². The summed E-state index contributed by atoms with van der Waals surface area (Å²) in [7, 11) is 0. The van der Waals surface area contributed by atoms with Gasteiger partial charge in [-0.25, -0.2) is 9.78 Å². The smallest absolute Gasteiger partial charge is 0.340 e. The van der Waals surface area contributed by atoms with E-state index in [4.69, 9.17) is 10.5 Å². The number of imidazole rings is 1. The lowest BCUT2D eigenvalue weighted by atomic mass is 10.1. The highest BCUT2D eigenvalue weighted by molar-refractivity contribution is 6.03. The molecule has 0 radical (unpaired) electrons. The number of carbonyl (C=O) groups is 1. The summed E-state index contributed by atoms with van der Waals surface area (Å²) in [5.74, 6) is -0.361. The van der Waals surface area contributed by atoms with E-state index < -0.39 is 0 Å². The van der Waals surface area contributed by atoms with Gasteiger partial charge in [0.15, 0.2) is 0 Å². The van der Waals surface area contributed by atoms with Gasteiger partial charge in [-0.1, -0.05) is 0 Å². The zero-order valence-electron chi connectivity index (χ0n) is 9.93. The van der Waals surface area contributed by atoms with Gasteiger partial charge in [0.25, 0.3) is 0 Å². The second kappa shape index (κ2) is 4.45. The zero-order valence-corrected chi connectivity index (χ0v) is 9.93. The Morgan fingerprint density at radius 3 is 2.88 bits per heavy atom. The number of rotatable bonds is 3. The molecule has 0 spiro atoms. The molecule has 5 nitrogen and oxygen atoms in total. The van der Waals surface area contributed by atoms with Crippen LogP contribution < -0.4 is 5.73 Å². The average molecular weight is 233 g/mol. The number of aromatic nitrogens is 2. The van der Waals surface area contributed by atoms with Crippen molar-refractivity contribution < 1.29 is 9.53 Å². The van der Waals surface area contributed by atoms with E-state index in [2.05, 4.69) is 4.98 Å². The van der Waals surface area contributed by atoms with Crippen LogP contribution in [-0.2, 0) is 11.3 Å². The Balaban J connectivity index is 2.66. The Kier molecular flexibility index (Phi) is 2.99. The summed E-state index contributed by atoms with van der Waals surface area (Å²) in [6, 6.07) is 3.39. The maximum Gasteiger partial charge on any atom is 0.340 e. The molecular formula is C12H15N3O2. The van der Waals surface area contributed by atoms with Crippen LogP contribution in [0.1, 0.15) is 24.2 Å². The number of carbonyl (C=O) groups excluding carboxylic acids is 1. The molecule has 1 aromatic heterocycles. The van der Waals surface area contributed by atoms with E-state index in [1.165, 1.54) is 0 Å². The molecule has 0 saturated heterocycles. The van der Waals surface area contributed by atoms with Crippen molar-refractivity contribution in [3.63, 3.8) is 0 Å². The molecule has 0 atom stereocenters. The maximum absolute atomic E-state index is 11.9. The molecule has 0 saturated carbocycles.